The van der Waals surface area contributed by atoms with Gasteiger partial charge in [0.25, 0.3) is 0 Å². The van der Waals surface area contributed by atoms with Crippen LogP contribution in [-0.2, 0) is 0 Å². The molecule has 258 valence electrons. The van der Waals surface area contributed by atoms with Crippen molar-refractivity contribution in [2.45, 2.75) is 0 Å². The standard InChI is InChI=1S/C48H26N8/c1-50-32-15-21-44-36(25-32)48-46(56(44)34-18-13-31(14-19-34)42-28-52-38-7-3-5-9-40(38)54-42)23-22-45-47(48)35-24-29(26-49)10-20-43(35)55(45)33-16-11-30(12-17-33)41-27-51-37-6-2-4-8-39(37)53-41/h2-25,27-28H. The van der Waals surface area contributed by atoms with E-state index < -0.39 is 0 Å². The van der Waals surface area contributed by atoms with Crippen molar-refractivity contribution in [3.05, 3.63) is 175 Å². The van der Waals surface area contributed by atoms with Gasteiger partial charge in [0.15, 0.2) is 5.69 Å². The molecule has 4 heterocycles. The minimum absolute atomic E-state index is 0.563. The van der Waals surface area contributed by atoms with E-state index in [1.807, 2.05) is 97.3 Å². The van der Waals surface area contributed by atoms with E-state index in [-0.39, 0.29) is 0 Å². The fourth-order valence-electron chi connectivity index (χ4n) is 8.06. The molecule has 11 rings (SSSR count). The first-order valence-corrected chi connectivity index (χ1v) is 18.1. The van der Waals surface area contributed by atoms with Crippen LogP contribution in [0.2, 0.25) is 0 Å². The molecule has 8 heteroatoms. The fraction of sp³-hybridized carbons (Fsp3) is 0. The summed E-state index contributed by atoms with van der Waals surface area (Å²) in [4.78, 5) is 22.8. The molecule has 4 aromatic heterocycles. The minimum atomic E-state index is 0.563. The summed E-state index contributed by atoms with van der Waals surface area (Å²) in [5.41, 5.74) is 14.0. The summed E-state index contributed by atoms with van der Waals surface area (Å²) >= 11 is 0. The highest BCUT2D eigenvalue weighted by Crippen LogP contribution is 2.43. The van der Waals surface area contributed by atoms with Gasteiger partial charge in [0, 0.05) is 38.7 Å². The average molecular weight is 715 g/mol. The van der Waals surface area contributed by atoms with E-state index in [1.165, 1.54) is 0 Å². The Labute approximate surface area is 319 Å². The quantitative estimate of drug-likeness (QED) is 0.169. The molecule has 0 aliphatic heterocycles. The van der Waals surface area contributed by atoms with Crippen LogP contribution in [0.1, 0.15) is 5.56 Å². The maximum atomic E-state index is 10.0. The second-order valence-corrected chi connectivity index (χ2v) is 13.8. The van der Waals surface area contributed by atoms with E-state index in [0.717, 1.165) is 99.6 Å². The molecule has 0 saturated heterocycles. The second-order valence-electron chi connectivity index (χ2n) is 13.8. The van der Waals surface area contributed by atoms with Crippen molar-refractivity contribution in [3.8, 4) is 40.0 Å². The van der Waals surface area contributed by atoms with Crippen molar-refractivity contribution >= 4 is 71.4 Å². The Bertz CT molecular complexity index is 3260. The molecule has 0 aliphatic carbocycles. The highest BCUT2D eigenvalue weighted by Gasteiger charge is 2.21. The molecule has 0 N–H and O–H groups in total. The van der Waals surface area contributed by atoms with Gasteiger partial charge in [0.05, 0.1) is 86.1 Å². The summed E-state index contributed by atoms with van der Waals surface area (Å²) < 4.78 is 4.51. The van der Waals surface area contributed by atoms with E-state index in [1.54, 1.807) is 0 Å². The number of hydrogen-bond acceptors (Lipinski definition) is 5. The van der Waals surface area contributed by atoms with Crippen LogP contribution in [0, 0.1) is 17.9 Å². The zero-order valence-corrected chi connectivity index (χ0v) is 29.6. The Morgan fingerprint density at radius 3 is 1.46 bits per heavy atom. The summed E-state index contributed by atoms with van der Waals surface area (Å²) in [5, 5.41) is 14.0. The van der Waals surface area contributed by atoms with Crippen LogP contribution < -0.4 is 0 Å². The second kappa shape index (κ2) is 12.2. The first-order chi connectivity index (χ1) is 27.6. The molecule has 0 aliphatic rings. The number of nitrogens with zero attached hydrogens (tertiary/aromatic N) is 8. The van der Waals surface area contributed by atoms with Crippen molar-refractivity contribution in [1.82, 2.24) is 29.1 Å². The van der Waals surface area contributed by atoms with Crippen molar-refractivity contribution in [2.75, 3.05) is 0 Å². The maximum Gasteiger partial charge on any atom is 0.188 e. The lowest BCUT2D eigenvalue weighted by Gasteiger charge is -2.11. The van der Waals surface area contributed by atoms with Gasteiger partial charge >= 0.3 is 0 Å². The molecule has 0 atom stereocenters. The van der Waals surface area contributed by atoms with E-state index in [9.17, 15) is 5.26 Å². The molecule has 0 amide bonds. The number of rotatable bonds is 4. The van der Waals surface area contributed by atoms with Gasteiger partial charge in [0.2, 0.25) is 0 Å². The van der Waals surface area contributed by atoms with Crippen molar-refractivity contribution < 1.29 is 0 Å². The predicted octanol–water partition coefficient (Wildman–Crippen LogP) is 11.5. The summed E-state index contributed by atoms with van der Waals surface area (Å²) in [6.07, 6.45) is 3.63. The molecule has 0 bridgehead atoms. The van der Waals surface area contributed by atoms with Gasteiger partial charge in [-0.15, -0.1) is 0 Å². The monoisotopic (exact) mass is 714 g/mol. The van der Waals surface area contributed by atoms with Gasteiger partial charge in [-0.05, 0) is 96.4 Å². The summed E-state index contributed by atoms with van der Waals surface area (Å²) in [6.45, 7) is 7.90. The molecular formula is C48H26N8. The molecule has 7 aromatic carbocycles. The summed E-state index contributed by atoms with van der Waals surface area (Å²) in [5.74, 6) is 0. The lowest BCUT2D eigenvalue weighted by Crippen LogP contribution is -1.96. The molecule has 0 radical (unpaired) electrons. The van der Waals surface area contributed by atoms with Gasteiger partial charge in [-0.25, -0.2) is 14.8 Å². The zero-order valence-electron chi connectivity index (χ0n) is 29.6. The third-order valence-corrected chi connectivity index (χ3v) is 10.6. The van der Waals surface area contributed by atoms with E-state index in [2.05, 4.69) is 90.7 Å². The van der Waals surface area contributed by atoms with Crippen LogP contribution in [0.15, 0.2) is 158 Å². The third-order valence-electron chi connectivity index (χ3n) is 10.6. The van der Waals surface area contributed by atoms with Gasteiger partial charge in [-0.1, -0.05) is 54.6 Å². The van der Waals surface area contributed by atoms with Crippen LogP contribution in [0.3, 0.4) is 0 Å². The van der Waals surface area contributed by atoms with E-state index >= 15 is 0 Å². The molecule has 0 unspecified atom stereocenters. The maximum absolute atomic E-state index is 10.0. The SMILES string of the molecule is [C-]#[N+]c1ccc2c(c1)c1c3c4cc(C#N)ccc4n(-c4ccc(-c5cnc6ccccc6n5)cc4)c3ccc1n2-c1ccc(-c2cnc3ccccc3n2)cc1. The molecule has 0 saturated carbocycles. The van der Waals surface area contributed by atoms with E-state index in [0.29, 0.717) is 11.3 Å². The Balaban J connectivity index is 1.12. The molecular weight excluding hydrogens is 689 g/mol. The highest BCUT2D eigenvalue weighted by atomic mass is 15.0. The fourth-order valence-corrected chi connectivity index (χ4v) is 8.06. The van der Waals surface area contributed by atoms with Gasteiger partial charge in [-0.2, -0.15) is 5.26 Å². The molecule has 0 spiro atoms. The summed E-state index contributed by atoms with van der Waals surface area (Å²) in [7, 11) is 0. The largest absolute Gasteiger partial charge is 0.309 e. The number of hydrogen-bond donors (Lipinski definition) is 0. The number of fused-ring (bicyclic) bond motifs is 9. The van der Waals surface area contributed by atoms with Gasteiger partial charge in [0.1, 0.15) is 0 Å². The Kier molecular flexibility index (Phi) is 6.81. The first kappa shape index (κ1) is 31.3. The number of para-hydroxylation sites is 4. The molecule has 0 fully saturated rings. The van der Waals surface area contributed by atoms with Crippen LogP contribution in [0.25, 0.3) is 104 Å². The topological polar surface area (TPSA) is 89.6 Å². The van der Waals surface area contributed by atoms with Crippen LogP contribution >= 0.6 is 0 Å². The number of aromatic nitrogens is 6. The molecule has 11 aromatic rings. The Morgan fingerprint density at radius 1 is 0.500 bits per heavy atom. The third kappa shape index (κ3) is 4.77. The molecule has 56 heavy (non-hydrogen) atoms. The van der Waals surface area contributed by atoms with Crippen molar-refractivity contribution in [3.63, 3.8) is 0 Å². The van der Waals surface area contributed by atoms with Gasteiger partial charge in [-0.3, -0.25) is 9.97 Å². The van der Waals surface area contributed by atoms with Gasteiger partial charge < -0.3 is 9.13 Å². The predicted molar refractivity (Wildman–Crippen MR) is 223 cm³/mol. The normalized spacial score (nSPS) is 11.5. The summed E-state index contributed by atoms with van der Waals surface area (Å²) in [6, 6.07) is 50.9. The van der Waals surface area contributed by atoms with Crippen LogP contribution in [-0.4, -0.2) is 29.1 Å². The van der Waals surface area contributed by atoms with Crippen LogP contribution in [0.5, 0.6) is 0 Å². The van der Waals surface area contributed by atoms with E-state index in [4.69, 9.17) is 16.5 Å². The van der Waals surface area contributed by atoms with Crippen molar-refractivity contribution in [2.24, 2.45) is 0 Å². The smallest absolute Gasteiger partial charge is 0.188 e. The Hall–Kier alpha value is -8.20. The first-order valence-electron chi connectivity index (χ1n) is 18.1. The average Bonchev–Trinajstić information content (AvgIpc) is 3.78. The number of benzene rings is 7. The lowest BCUT2D eigenvalue weighted by molar-refractivity contribution is 1.17. The molecule has 8 nitrogen and oxygen atoms in total. The van der Waals surface area contributed by atoms with Crippen molar-refractivity contribution in [1.29, 1.82) is 5.26 Å². The highest BCUT2D eigenvalue weighted by molar-refractivity contribution is 6.29. The number of nitriles is 1. The van der Waals surface area contributed by atoms with Crippen LogP contribution in [0.4, 0.5) is 5.69 Å². The zero-order chi connectivity index (χ0) is 37.3. The minimum Gasteiger partial charge on any atom is -0.309 e. The lowest BCUT2D eigenvalue weighted by atomic mass is 10.0. The Morgan fingerprint density at radius 2 is 0.964 bits per heavy atom.